The van der Waals surface area contributed by atoms with Gasteiger partial charge in [0, 0.05) is 5.41 Å². The maximum atomic E-state index is 13.4. The minimum absolute atomic E-state index is 0.103. The van der Waals surface area contributed by atoms with Crippen molar-refractivity contribution in [2.45, 2.75) is 78.8 Å². The van der Waals surface area contributed by atoms with Crippen molar-refractivity contribution in [3.63, 3.8) is 0 Å². The first-order chi connectivity index (χ1) is 19.1. The second-order valence-corrected chi connectivity index (χ2v) is 11.7. The third-order valence-electron chi connectivity index (χ3n) is 6.67. The summed E-state index contributed by atoms with van der Waals surface area (Å²) in [6.07, 6.45) is -0.841. The van der Waals surface area contributed by atoms with Gasteiger partial charge in [0.1, 0.15) is 18.1 Å². The molecule has 2 aromatic heterocycles. The highest BCUT2D eigenvalue weighted by Gasteiger charge is 2.34. The maximum absolute atomic E-state index is 13.4. The topological polar surface area (TPSA) is 158 Å². The van der Waals surface area contributed by atoms with E-state index in [0.717, 1.165) is 5.56 Å². The molecule has 12 heteroatoms. The number of anilines is 1. The van der Waals surface area contributed by atoms with Crippen LogP contribution in [0.15, 0.2) is 39.5 Å². The Bertz CT molecular complexity index is 1480. The molecule has 1 atom stereocenters. The number of aromatic nitrogens is 4. The van der Waals surface area contributed by atoms with Gasteiger partial charge in [-0.25, -0.2) is 9.78 Å². The smallest absolute Gasteiger partial charge is 0.411 e. The number of nitrogens with zero attached hydrogens (tertiary/aromatic N) is 4. The van der Waals surface area contributed by atoms with E-state index in [1.165, 1.54) is 11.7 Å². The fourth-order valence-corrected chi connectivity index (χ4v) is 4.26. The van der Waals surface area contributed by atoms with E-state index in [1.807, 2.05) is 65.0 Å². The zero-order chi connectivity index (χ0) is 30.7. The van der Waals surface area contributed by atoms with Gasteiger partial charge < -0.3 is 14.5 Å². The zero-order valence-electron chi connectivity index (χ0n) is 25.0. The van der Waals surface area contributed by atoms with Gasteiger partial charge in [0.15, 0.2) is 0 Å². The molecule has 0 saturated carbocycles. The van der Waals surface area contributed by atoms with Crippen molar-refractivity contribution in [2.75, 3.05) is 12.4 Å². The molecule has 1 aromatic carbocycles. The second kappa shape index (κ2) is 12.0. The van der Waals surface area contributed by atoms with E-state index in [4.69, 9.17) is 4.42 Å². The lowest BCUT2D eigenvalue weighted by Gasteiger charge is -2.25. The summed E-state index contributed by atoms with van der Waals surface area (Å²) in [7, 11) is 1.17. The van der Waals surface area contributed by atoms with Gasteiger partial charge >= 0.3 is 6.09 Å². The molecule has 0 bridgehead atoms. The number of carbonyl (C=O) groups is 3. The third kappa shape index (κ3) is 6.87. The molecular formula is C29H38N6O6. The lowest BCUT2D eigenvalue weighted by Crippen LogP contribution is -2.47. The number of nitrogens with one attached hydrogen (secondary N) is 2. The van der Waals surface area contributed by atoms with Gasteiger partial charge in [-0.05, 0) is 32.3 Å². The Balaban J connectivity index is 1.90. The molecule has 41 heavy (non-hydrogen) atoms. The number of carbonyl (C=O) groups excluding carboxylic acids is 3. The van der Waals surface area contributed by atoms with E-state index >= 15 is 0 Å². The van der Waals surface area contributed by atoms with Crippen LogP contribution in [0.4, 0.5) is 10.5 Å². The Labute approximate surface area is 238 Å². The van der Waals surface area contributed by atoms with Crippen LogP contribution in [-0.2, 0) is 26.9 Å². The number of aryl methyl sites for hydroxylation is 1. The molecule has 3 rings (SSSR count). The minimum Gasteiger partial charge on any atom is -0.453 e. The number of methoxy groups -OCH3 is 1. The molecule has 0 spiro atoms. The predicted molar refractivity (Wildman–Crippen MR) is 152 cm³/mol. The van der Waals surface area contributed by atoms with Crippen LogP contribution < -0.4 is 16.2 Å². The quantitative estimate of drug-likeness (QED) is 0.368. The Hall–Kier alpha value is -4.35. The van der Waals surface area contributed by atoms with Gasteiger partial charge in [0.25, 0.3) is 11.4 Å². The third-order valence-corrected chi connectivity index (χ3v) is 6.67. The number of Topliss-reactive ketones (excluding diaryl/α,β-unsaturated/α-hetero) is 1. The molecule has 2 amide bonds. The molecule has 0 radical (unpaired) electrons. The molecule has 2 N–H and O–H groups in total. The first-order valence-electron chi connectivity index (χ1n) is 13.3. The number of rotatable bonds is 9. The van der Waals surface area contributed by atoms with E-state index in [2.05, 4.69) is 30.6 Å². The molecule has 12 nitrogen and oxygen atoms in total. The van der Waals surface area contributed by atoms with Crippen LogP contribution in [0.2, 0.25) is 0 Å². The van der Waals surface area contributed by atoms with Crippen molar-refractivity contribution >= 4 is 23.5 Å². The highest BCUT2D eigenvalue weighted by molar-refractivity contribution is 5.98. The average Bonchev–Trinajstić information content (AvgIpc) is 3.41. The Morgan fingerprint density at radius 3 is 2.24 bits per heavy atom. The Morgan fingerprint density at radius 2 is 1.68 bits per heavy atom. The molecular weight excluding hydrogens is 528 g/mol. The largest absolute Gasteiger partial charge is 0.453 e. The first-order valence-corrected chi connectivity index (χ1v) is 13.3. The molecule has 0 saturated heterocycles. The van der Waals surface area contributed by atoms with Gasteiger partial charge in [-0.15, -0.1) is 10.2 Å². The summed E-state index contributed by atoms with van der Waals surface area (Å²) < 4.78 is 11.6. The lowest BCUT2D eigenvalue weighted by atomic mass is 9.85. The molecule has 3 aromatic rings. The van der Waals surface area contributed by atoms with Crippen LogP contribution >= 0.6 is 0 Å². The normalized spacial score (nSPS) is 12.6. The van der Waals surface area contributed by atoms with Crippen molar-refractivity contribution in [3.8, 4) is 0 Å². The molecule has 0 aliphatic heterocycles. The molecule has 0 aliphatic carbocycles. The molecule has 0 unspecified atom stereocenters. The van der Waals surface area contributed by atoms with Crippen LogP contribution in [0.1, 0.15) is 82.1 Å². The maximum Gasteiger partial charge on any atom is 0.411 e. The predicted octanol–water partition coefficient (Wildman–Crippen LogP) is 3.76. The van der Waals surface area contributed by atoms with Gasteiger partial charge in [0.05, 0.1) is 24.3 Å². The van der Waals surface area contributed by atoms with Crippen molar-refractivity contribution in [3.05, 3.63) is 69.5 Å². The Morgan fingerprint density at radius 1 is 1.05 bits per heavy atom. The van der Waals surface area contributed by atoms with E-state index in [0.29, 0.717) is 5.82 Å². The number of ether oxygens (including phenoxy) is 1. The monoisotopic (exact) mass is 566 g/mol. The van der Waals surface area contributed by atoms with E-state index in [1.54, 1.807) is 20.8 Å². The van der Waals surface area contributed by atoms with Gasteiger partial charge in [0.2, 0.25) is 17.6 Å². The number of amides is 2. The van der Waals surface area contributed by atoms with Crippen LogP contribution in [0.5, 0.6) is 0 Å². The van der Waals surface area contributed by atoms with Gasteiger partial charge in [-0.2, -0.15) is 0 Å². The van der Waals surface area contributed by atoms with Crippen molar-refractivity contribution < 1.29 is 23.5 Å². The Kier molecular flexibility index (Phi) is 9.15. The summed E-state index contributed by atoms with van der Waals surface area (Å²) >= 11 is 0. The number of hydrogen-bond donors (Lipinski definition) is 2. The highest BCUT2D eigenvalue weighted by atomic mass is 16.5. The summed E-state index contributed by atoms with van der Waals surface area (Å²) in [5.41, 5.74) is -0.782. The highest BCUT2D eigenvalue weighted by Crippen LogP contribution is 2.30. The van der Waals surface area contributed by atoms with E-state index < -0.39 is 46.8 Å². The molecule has 220 valence electrons. The van der Waals surface area contributed by atoms with E-state index in [9.17, 15) is 19.2 Å². The zero-order valence-corrected chi connectivity index (χ0v) is 25.0. The number of ketones is 1. The van der Waals surface area contributed by atoms with Crippen molar-refractivity contribution in [1.82, 2.24) is 25.1 Å². The summed E-state index contributed by atoms with van der Waals surface area (Å²) in [6.45, 7) is 14.0. The standard InChI is InChI=1S/C29H38N6O6/c1-16(2)20(22(37)23-33-34-26(41-23)29(7,8)18-13-11-10-12-14-18)31-19(36)15-35-24(38)21(32-27(39)40-9)17(3)30-25(35)28(4,5)6/h10-14,16,20H,15H2,1-9H3,(H,31,36)(H,32,39)/t20-/m1/s1. The van der Waals surface area contributed by atoms with Crippen LogP contribution in [0.3, 0.4) is 0 Å². The van der Waals surface area contributed by atoms with Crippen LogP contribution in [0.25, 0.3) is 0 Å². The van der Waals surface area contributed by atoms with Crippen LogP contribution in [0, 0.1) is 12.8 Å². The lowest BCUT2D eigenvalue weighted by molar-refractivity contribution is -0.122. The summed E-state index contributed by atoms with van der Waals surface area (Å²) in [5, 5.41) is 13.2. The second-order valence-electron chi connectivity index (χ2n) is 11.7. The van der Waals surface area contributed by atoms with Crippen LogP contribution in [-0.4, -0.2) is 50.7 Å². The fraction of sp³-hybridized carbons (Fsp3) is 0.483. The SMILES string of the molecule is COC(=O)Nc1c(C)nc(C(C)(C)C)n(CC(=O)N[C@@H](C(=O)c2nnc(C(C)(C)c3ccccc3)o2)C(C)C)c1=O. The summed E-state index contributed by atoms with van der Waals surface area (Å²) in [6, 6.07) is 8.57. The average molecular weight is 567 g/mol. The van der Waals surface area contributed by atoms with E-state index in [-0.39, 0.29) is 29.1 Å². The minimum atomic E-state index is -1.00. The molecule has 0 aliphatic rings. The summed E-state index contributed by atoms with van der Waals surface area (Å²) in [4.78, 5) is 56.5. The van der Waals surface area contributed by atoms with Crippen molar-refractivity contribution in [2.24, 2.45) is 5.92 Å². The van der Waals surface area contributed by atoms with Gasteiger partial charge in [-0.1, -0.05) is 65.0 Å². The fourth-order valence-electron chi connectivity index (χ4n) is 4.26. The number of hydrogen-bond acceptors (Lipinski definition) is 9. The summed E-state index contributed by atoms with van der Waals surface area (Å²) in [5.74, 6) is -1.12. The molecule has 0 fully saturated rings. The number of benzene rings is 1. The van der Waals surface area contributed by atoms with Gasteiger partial charge in [-0.3, -0.25) is 24.3 Å². The molecule has 2 heterocycles. The van der Waals surface area contributed by atoms with Crippen molar-refractivity contribution in [1.29, 1.82) is 0 Å². The first kappa shape index (κ1) is 31.2.